The first kappa shape index (κ1) is 21.6. The smallest absolute Gasteiger partial charge is 0.356 e. The highest BCUT2D eigenvalue weighted by Crippen LogP contribution is 2.42. The zero-order valence-corrected chi connectivity index (χ0v) is 16.5. The van der Waals surface area contributed by atoms with Crippen LogP contribution in [0.25, 0.3) is 0 Å². The predicted molar refractivity (Wildman–Crippen MR) is 107 cm³/mol. The van der Waals surface area contributed by atoms with Crippen LogP contribution in [0.5, 0.6) is 0 Å². The van der Waals surface area contributed by atoms with Crippen LogP contribution in [0.2, 0.25) is 0 Å². The molecule has 29 heavy (non-hydrogen) atoms. The van der Waals surface area contributed by atoms with Crippen molar-refractivity contribution < 1.29 is 22.7 Å². The van der Waals surface area contributed by atoms with Gasteiger partial charge < -0.3 is 9.53 Å². The van der Waals surface area contributed by atoms with Crippen LogP contribution in [-0.2, 0) is 28.5 Å². The summed E-state index contributed by atoms with van der Waals surface area (Å²) in [5.41, 5.74) is 2.06. The lowest BCUT2D eigenvalue weighted by Crippen LogP contribution is -2.07. The number of hydrogen-bond acceptors (Lipinski definition) is 2. The number of halogens is 3. The van der Waals surface area contributed by atoms with Crippen molar-refractivity contribution in [3.05, 3.63) is 70.8 Å². The van der Waals surface area contributed by atoms with E-state index in [2.05, 4.69) is 24.3 Å². The fourth-order valence-electron chi connectivity index (χ4n) is 3.74. The van der Waals surface area contributed by atoms with Gasteiger partial charge in [0.1, 0.15) is 12.2 Å². The Labute approximate surface area is 170 Å². The van der Waals surface area contributed by atoms with Crippen LogP contribution >= 0.6 is 0 Å². The Morgan fingerprint density at radius 2 is 1.52 bits per heavy atom. The molecule has 1 aliphatic rings. The molecule has 1 aliphatic heterocycles. The Balaban J connectivity index is 1.41. The van der Waals surface area contributed by atoms with Crippen molar-refractivity contribution in [3.8, 4) is 0 Å². The van der Waals surface area contributed by atoms with Gasteiger partial charge in [-0.3, -0.25) is 0 Å². The van der Waals surface area contributed by atoms with Crippen LogP contribution < -0.4 is 0 Å². The maximum absolute atomic E-state index is 13.0. The highest BCUT2D eigenvalue weighted by atomic mass is 19.4. The van der Waals surface area contributed by atoms with Gasteiger partial charge >= 0.3 is 6.18 Å². The van der Waals surface area contributed by atoms with Crippen LogP contribution in [0.4, 0.5) is 13.2 Å². The minimum Gasteiger partial charge on any atom is -0.356 e. The van der Waals surface area contributed by atoms with Gasteiger partial charge in [0.2, 0.25) is 0 Å². The van der Waals surface area contributed by atoms with Gasteiger partial charge in [-0.1, -0.05) is 62.1 Å². The van der Waals surface area contributed by atoms with E-state index in [0.717, 1.165) is 43.4 Å². The number of carbonyl (C=O) groups excluding carboxylic acids is 1. The molecule has 0 bridgehead atoms. The second-order valence-electron chi connectivity index (χ2n) is 7.68. The number of rotatable bonds is 11. The fraction of sp³-hybridized carbons (Fsp3) is 0.458. The summed E-state index contributed by atoms with van der Waals surface area (Å²) in [6, 6.07) is 14.3. The maximum Gasteiger partial charge on any atom is 0.416 e. The number of alkyl halides is 3. The number of unbranched alkanes of at least 4 members (excludes halogenated alkanes) is 5. The molecule has 0 N–H and O–H groups in total. The number of aryl methyl sites for hydroxylation is 2. The molecule has 5 heteroatoms. The first-order chi connectivity index (χ1) is 14.0. The second-order valence-corrected chi connectivity index (χ2v) is 7.68. The van der Waals surface area contributed by atoms with Crippen LogP contribution in [0.1, 0.15) is 66.9 Å². The highest BCUT2D eigenvalue weighted by molar-refractivity contribution is 5.62. The van der Waals surface area contributed by atoms with Crippen molar-refractivity contribution in [1.82, 2.24) is 0 Å². The molecule has 2 unspecified atom stereocenters. The molecule has 1 saturated heterocycles. The highest BCUT2D eigenvalue weighted by Gasteiger charge is 2.42. The van der Waals surface area contributed by atoms with Gasteiger partial charge in [0.05, 0.1) is 5.56 Å². The molecule has 1 heterocycles. The summed E-state index contributed by atoms with van der Waals surface area (Å²) in [5.74, 6) is 0. The van der Waals surface area contributed by atoms with Crippen molar-refractivity contribution in [2.24, 2.45) is 0 Å². The number of carbonyl (C=O) groups is 1. The largest absolute Gasteiger partial charge is 0.416 e. The van der Waals surface area contributed by atoms with E-state index < -0.39 is 23.9 Å². The van der Waals surface area contributed by atoms with Gasteiger partial charge in [-0.05, 0) is 54.5 Å². The van der Waals surface area contributed by atoms with E-state index in [1.54, 1.807) is 6.07 Å². The average molecular weight is 404 g/mol. The van der Waals surface area contributed by atoms with E-state index in [0.29, 0.717) is 18.3 Å². The summed E-state index contributed by atoms with van der Waals surface area (Å²) in [6.45, 7) is 0. The van der Waals surface area contributed by atoms with E-state index in [1.807, 2.05) is 6.07 Å². The van der Waals surface area contributed by atoms with Crippen LogP contribution in [0.3, 0.4) is 0 Å². The molecule has 2 atom stereocenters. The minimum atomic E-state index is -4.39. The predicted octanol–water partition coefficient (Wildman–Crippen LogP) is 6.47. The zero-order chi connectivity index (χ0) is 20.7. The Hall–Kier alpha value is -2.14. The Bertz CT molecular complexity index is 786. The lowest BCUT2D eigenvalue weighted by molar-refractivity contribution is -0.137. The quantitative estimate of drug-likeness (QED) is 0.244. The fourth-order valence-corrected chi connectivity index (χ4v) is 3.74. The van der Waals surface area contributed by atoms with E-state index in [9.17, 15) is 18.0 Å². The molecular formula is C24H27F3O2. The first-order valence-electron chi connectivity index (χ1n) is 10.3. The maximum atomic E-state index is 13.0. The van der Waals surface area contributed by atoms with E-state index in [4.69, 9.17) is 4.74 Å². The summed E-state index contributed by atoms with van der Waals surface area (Å²) in [5, 5.41) is 0. The molecule has 1 fully saturated rings. The summed E-state index contributed by atoms with van der Waals surface area (Å²) in [4.78, 5) is 10.9. The standard InChI is InChI=1S/C24H27F3O2/c25-24(26,27)20-15-14-19(21(16-20)23-22(17-28)29-23)13-9-4-2-1-3-6-10-18-11-7-5-8-12-18/h5,7-8,11-12,14-17,22-23H,1-4,6,9-10,13H2. The average Bonchev–Trinajstić information content (AvgIpc) is 3.50. The molecule has 2 nitrogen and oxygen atoms in total. The zero-order valence-electron chi connectivity index (χ0n) is 16.5. The number of hydrogen-bond donors (Lipinski definition) is 0. The van der Waals surface area contributed by atoms with Gasteiger partial charge in [0, 0.05) is 0 Å². The van der Waals surface area contributed by atoms with E-state index in [1.165, 1.54) is 24.8 Å². The van der Waals surface area contributed by atoms with Gasteiger partial charge in [-0.15, -0.1) is 0 Å². The van der Waals surface area contributed by atoms with Crippen LogP contribution in [0.15, 0.2) is 48.5 Å². The third kappa shape index (κ3) is 6.43. The van der Waals surface area contributed by atoms with Crippen molar-refractivity contribution in [2.45, 2.75) is 69.8 Å². The van der Waals surface area contributed by atoms with Gasteiger partial charge in [-0.2, -0.15) is 13.2 Å². The molecule has 0 aromatic heterocycles. The summed E-state index contributed by atoms with van der Waals surface area (Å²) < 4.78 is 44.3. The normalized spacial score (nSPS) is 18.6. The minimum absolute atomic E-state index is 0.514. The molecule has 2 aromatic carbocycles. The number of ether oxygens (including phenoxy) is 1. The topological polar surface area (TPSA) is 29.6 Å². The molecule has 0 aliphatic carbocycles. The van der Waals surface area contributed by atoms with Gasteiger partial charge in [0.15, 0.2) is 6.29 Å². The SMILES string of the molecule is O=CC1OC1c1cc(C(F)(F)F)ccc1CCCCCCCCc1ccccc1. The Morgan fingerprint density at radius 1 is 0.862 bits per heavy atom. The second kappa shape index (κ2) is 10.1. The monoisotopic (exact) mass is 404 g/mol. The number of aldehydes is 1. The van der Waals surface area contributed by atoms with Crippen molar-refractivity contribution in [3.63, 3.8) is 0 Å². The lowest BCUT2D eigenvalue weighted by Gasteiger charge is -2.12. The van der Waals surface area contributed by atoms with Crippen molar-refractivity contribution in [2.75, 3.05) is 0 Å². The third-order valence-electron chi connectivity index (χ3n) is 5.44. The number of epoxide rings is 1. The molecule has 156 valence electrons. The Kier molecular flexibility index (Phi) is 7.48. The van der Waals surface area contributed by atoms with Crippen LogP contribution in [0, 0.1) is 0 Å². The van der Waals surface area contributed by atoms with Crippen LogP contribution in [-0.4, -0.2) is 12.4 Å². The summed E-state index contributed by atoms with van der Waals surface area (Å²) in [7, 11) is 0. The van der Waals surface area contributed by atoms with E-state index >= 15 is 0 Å². The molecule has 2 aromatic rings. The van der Waals surface area contributed by atoms with Gasteiger partial charge in [0.25, 0.3) is 0 Å². The van der Waals surface area contributed by atoms with E-state index in [-0.39, 0.29) is 0 Å². The molecule has 0 spiro atoms. The molecular weight excluding hydrogens is 377 g/mol. The number of benzene rings is 2. The summed E-state index contributed by atoms with van der Waals surface area (Å²) in [6.07, 6.45) is 3.60. The molecule has 0 radical (unpaired) electrons. The first-order valence-corrected chi connectivity index (χ1v) is 10.3. The van der Waals surface area contributed by atoms with Crippen molar-refractivity contribution in [1.29, 1.82) is 0 Å². The molecule has 0 saturated carbocycles. The van der Waals surface area contributed by atoms with Crippen molar-refractivity contribution >= 4 is 6.29 Å². The van der Waals surface area contributed by atoms with Gasteiger partial charge in [-0.25, -0.2) is 0 Å². The Morgan fingerprint density at radius 3 is 2.14 bits per heavy atom. The molecule has 0 amide bonds. The molecule has 3 rings (SSSR count). The third-order valence-corrected chi connectivity index (χ3v) is 5.44. The summed E-state index contributed by atoms with van der Waals surface area (Å²) >= 11 is 0. The lowest BCUT2D eigenvalue weighted by atomic mass is 9.95.